The van der Waals surface area contributed by atoms with E-state index in [1.54, 1.807) is 20.8 Å². The Hall–Kier alpha value is -1.85. The summed E-state index contributed by atoms with van der Waals surface area (Å²) in [6.07, 6.45) is -0.380. The summed E-state index contributed by atoms with van der Waals surface area (Å²) in [5.74, 6) is 0. The molecule has 0 radical (unpaired) electrons. The molecular formula is C19H27NO4. The minimum absolute atomic E-state index is 0.115. The van der Waals surface area contributed by atoms with Crippen LogP contribution in [0.1, 0.15) is 47.2 Å². The summed E-state index contributed by atoms with van der Waals surface area (Å²) in [4.78, 5) is 12.7. The lowest BCUT2D eigenvalue weighted by molar-refractivity contribution is -0.119. The molecule has 132 valence electrons. The van der Waals surface area contributed by atoms with Gasteiger partial charge < -0.3 is 14.9 Å². The van der Waals surface area contributed by atoms with Gasteiger partial charge in [0.05, 0.1) is 16.7 Å². The molecule has 0 amide bonds. The Balaban J connectivity index is 2.54. The van der Waals surface area contributed by atoms with Gasteiger partial charge in [-0.05, 0) is 53.7 Å². The number of carbonyl (C=O) groups excluding carboxylic acids is 1. The molecule has 0 saturated carbocycles. The monoisotopic (exact) mass is 333 g/mol. The van der Waals surface area contributed by atoms with Gasteiger partial charge in [0, 0.05) is 17.5 Å². The van der Waals surface area contributed by atoms with Crippen LogP contribution < -0.4 is 0 Å². The van der Waals surface area contributed by atoms with Gasteiger partial charge in [-0.1, -0.05) is 18.2 Å². The molecule has 0 spiro atoms. The van der Waals surface area contributed by atoms with Crippen molar-refractivity contribution >= 4 is 17.0 Å². The van der Waals surface area contributed by atoms with Crippen LogP contribution in [0.15, 0.2) is 30.3 Å². The van der Waals surface area contributed by atoms with Gasteiger partial charge in [0.1, 0.15) is 5.60 Å². The number of ether oxygens (including phenoxy) is 1. The van der Waals surface area contributed by atoms with E-state index in [9.17, 15) is 15.0 Å². The molecule has 0 saturated heterocycles. The summed E-state index contributed by atoms with van der Waals surface area (Å²) < 4.78 is 6.98. The average molecular weight is 333 g/mol. The van der Waals surface area contributed by atoms with E-state index in [0.717, 1.165) is 5.39 Å². The van der Waals surface area contributed by atoms with Gasteiger partial charge in [-0.2, -0.15) is 0 Å². The van der Waals surface area contributed by atoms with Crippen LogP contribution >= 0.6 is 0 Å². The third-order valence-corrected chi connectivity index (χ3v) is 4.21. The maximum absolute atomic E-state index is 12.7. The highest BCUT2D eigenvalue weighted by molar-refractivity contribution is 5.91. The topological polar surface area (TPSA) is 71.7 Å². The lowest BCUT2D eigenvalue weighted by Gasteiger charge is -2.35. The molecular weight excluding hydrogens is 306 g/mol. The van der Waals surface area contributed by atoms with Crippen LogP contribution in [-0.2, 0) is 11.2 Å². The fourth-order valence-corrected chi connectivity index (χ4v) is 2.43. The molecule has 0 aliphatic rings. The van der Waals surface area contributed by atoms with Crippen molar-refractivity contribution < 1.29 is 19.7 Å². The first-order valence-corrected chi connectivity index (χ1v) is 8.09. The molecule has 2 rings (SSSR count). The molecule has 2 N–H and O–H groups in total. The number of rotatable bonds is 3. The summed E-state index contributed by atoms with van der Waals surface area (Å²) in [5.41, 5.74) is -2.03. The second kappa shape index (κ2) is 5.90. The molecule has 5 nitrogen and oxygen atoms in total. The molecule has 24 heavy (non-hydrogen) atoms. The second-order valence-corrected chi connectivity index (χ2v) is 8.02. The lowest BCUT2D eigenvalue weighted by atomic mass is 9.84. The Kier molecular flexibility index (Phi) is 4.55. The second-order valence-electron chi connectivity index (χ2n) is 8.02. The fourth-order valence-electron chi connectivity index (χ4n) is 2.43. The number of hydrogen-bond donors (Lipinski definition) is 2. The summed E-state index contributed by atoms with van der Waals surface area (Å²) in [7, 11) is 0. The van der Waals surface area contributed by atoms with E-state index in [2.05, 4.69) is 0 Å². The Bertz CT molecular complexity index is 745. The predicted molar refractivity (Wildman–Crippen MR) is 94.2 cm³/mol. The van der Waals surface area contributed by atoms with Crippen LogP contribution in [0.2, 0.25) is 0 Å². The molecule has 2 aromatic rings. The van der Waals surface area contributed by atoms with Crippen molar-refractivity contribution in [3.63, 3.8) is 0 Å². The number of benzene rings is 1. The average Bonchev–Trinajstić information content (AvgIpc) is 2.72. The minimum atomic E-state index is -1.40. The summed E-state index contributed by atoms with van der Waals surface area (Å²) in [6, 6.07) is 9.32. The van der Waals surface area contributed by atoms with E-state index in [-0.39, 0.29) is 6.42 Å². The number of fused-ring (bicyclic) bond motifs is 1. The molecule has 1 atom stereocenters. The number of aliphatic hydroxyl groups is 2. The van der Waals surface area contributed by atoms with Gasteiger partial charge in [-0.25, -0.2) is 9.36 Å². The van der Waals surface area contributed by atoms with Crippen molar-refractivity contribution in [3.05, 3.63) is 36.0 Å². The number of aromatic nitrogens is 1. The predicted octanol–water partition coefficient (Wildman–Crippen LogP) is 3.49. The zero-order chi connectivity index (χ0) is 18.3. The SMILES string of the molecule is CC(C)(C)OC(=O)n1c(CC(C)(O)C(C)(C)O)cc2ccccc21. The highest BCUT2D eigenvalue weighted by Gasteiger charge is 2.39. The van der Waals surface area contributed by atoms with Crippen LogP contribution in [0.5, 0.6) is 0 Å². The van der Waals surface area contributed by atoms with Crippen molar-refractivity contribution in [1.29, 1.82) is 0 Å². The van der Waals surface area contributed by atoms with Crippen molar-refractivity contribution in [2.75, 3.05) is 0 Å². The normalized spacial score (nSPS) is 15.3. The molecule has 0 fully saturated rings. The summed E-state index contributed by atoms with van der Waals surface area (Å²) in [5, 5.41) is 21.8. The van der Waals surface area contributed by atoms with Crippen molar-refractivity contribution in [2.45, 2.75) is 64.8 Å². The largest absolute Gasteiger partial charge is 0.443 e. The van der Waals surface area contributed by atoms with Crippen molar-refractivity contribution in [2.24, 2.45) is 0 Å². The highest BCUT2D eigenvalue weighted by atomic mass is 16.6. The standard InChI is InChI=1S/C19H27NO4/c1-17(2,3)24-16(21)20-14(12-19(6,23)18(4,5)22)11-13-9-7-8-10-15(13)20/h7-11,22-23H,12H2,1-6H3. The Labute approximate surface area is 142 Å². The molecule has 1 aromatic carbocycles. The van der Waals surface area contributed by atoms with Gasteiger partial charge in [0.25, 0.3) is 0 Å². The number of hydrogen-bond acceptors (Lipinski definition) is 4. The summed E-state index contributed by atoms with van der Waals surface area (Å²) >= 11 is 0. The van der Waals surface area contributed by atoms with E-state index in [4.69, 9.17) is 4.74 Å². The van der Waals surface area contributed by atoms with Crippen molar-refractivity contribution in [1.82, 2.24) is 4.57 Å². The first-order chi connectivity index (χ1) is 10.8. The van der Waals surface area contributed by atoms with Crippen LogP contribution in [0.3, 0.4) is 0 Å². The first kappa shape index (κ1) is 18.5. The molecule has 1 aromatic heterocycles. The molecule has 0 bridgehead atoms. The molecule has 0 aliphatic carbocycles. The van der Waals surface area contributed by atoms with Gasteiger partial charge in [-0.15, -0.1) is 0 Å². The number of nitrogens with zero attached hydrogens (tertiary/aromatic N) is 1. The number of para-hydroxylation sites is 1. The third-order valence-electron chi connectivity index (χ3n) is 4.21. The lowest BCUT2D eigenvalue weighted by Crippen LogP contribution is -2.49. The van der Waals surface area contributed by atoms with Gasteiger partial charge in [-0.3, -0.25) is 0 Å². The van der Waals surface area contributed by atoms with E-state index in [0.29, 0.717) is 11.2 Å². The molecule has 1 unspecified atom stereocenters. The van der Waals surface area contributed by atoms with E-state index in [1.165, 1.54) is 4.57 Å². The molecule has 0 aliphatic heterocycles. The highest BCUT2D eigenvalue weighted by Crippen LogP contribution is 2.29. The molecule has 5 heteroatoms. The molecule has 1 heterocycles. The maximum Gasteiger partial charge on any atom is 0.419 e. The van der Waals surface area contributed by atoms with Crippen LogP contribution in [0.4, 0.5) is 4.79 Å². The number of carbonyl (C=O) groups is 1. The smallest absolute Gasteiger partial charge is 0.419 e. The zero-order valence-electron chi connectivity index (χ0n) is 15.3. The van der Waals surface area contributed by atoms with Crippen molar-refractivity contribution in [3.8, 4) is 0 Å². The van der Waals surface area contributed by atoms with E-state index >= 15 is 0 Å². The van der Waals surface area contributed by atoms with Gasteiger partial charge in [0.2, 0.25) is 0 Å². The Morgan fingerprint density at radius 3 is 2.21 bits per heavy atom. The maximum atomic E-state index is 12.7. The van der Waals surface area contributed by atoms with Crippen LogP contribution in [-0.4, -0.2) is 37.7 Å². The first-order valence-electron chi connectivity index (χ1n) is 8.09. The quantitative estimate of drug-likeness (QED) is 0.902. The van der Waals surface area contributed by atoms with Gasteiger partial charge >= 0.3 is 6.09 Å². The Morgan fingerprint density at radius 2 is 1.67 bits per heavy atom. The van der Waals surface area contributed by atoms with E-state index in [1.807, 2.05) is 51.1 Å². The fraction of sp³-hybridized carbons (Fsp3) is 0.526. The van der Waals surface area contributed by atoms with Gasteiger partial charge in [0.15, 0.2) is 0 Å². The third kappa shape index (κ3) is 3.79. The Morgan fingerprint density at radius 1 is 1.08 bits per heavy atom. The van der Waals surface area contributed by atoms with E-state index < -0.39 is 22.9 Å². The van der Waals surface area contributed by atoms with Crippen LogP contribution in [0.25, 0.3) is 10.9 Å². The van der Waals surface area contributed by atoms with Crippen LogP contribution in [0, 0.1) is 0 Å². The minimum Gasteiger partial charge on any atom is -0.443 e. The summed E-state index contributed by atoms with van der Waals surface area (Å²) in [6.45, 7) is 10.1. The zero-order valence-corrected chi connectivity index (χ0v) is 15.3.